The lowest BCUT2D eigenvalue weighted by atomic mass is 10.1. The summed E-state index contributed by atoms with van der Waals surface area (Å²) in [4.78, 5) is 10.6. The fourth-order valence-electron chi connectivity index (χ4n) is 0.791. The number of aromatic carboxylic acids is 1. The number of rotatable bonds is 1. The van der Waals surface area contributed by atoms with Gasteiger partial charge in [0, 0.05) is 3.57 Å². The summed E-state index contributed by atoms with van der Waals surface area (Å²) in [6.45, 7) is 0. The molecule has 12 heavy (non-hydrogen) atoms. The Morgan fingerprint density at radius 3 is 2.75 bits per heavy atom. The lowest BCUT2D eigenvalue weighted by molar-refractivity contribution is 0.0696. The van der Waals surface area contributed by atoms with Crippen LogP contribution in [0.4, 0.5) is 0 Å². The Bertz CT molecular complexity index is 368. The number of carboxylic acid groups (broad SMARTS) is 1. The van der Waals surface area contributed by atoms with Crippen LogP contribution in [0, 0.1) is 14.9 Å². The molecule has 0 saturated carbocycles. The molecule has 4 heteroatoms. The fourth-order valence-corrected chi connectivity index (χ4v) is 1.28. The van der Waals surface area contributed by atoms with Gasteiger partial charge in [0.1, 0.15) is 6.07 Å². The predicted molar refractivity (Wildman–Crippen MR) is 50.8 cm³/mol. The monoisotopic (exact) mass is 273 g/mol. The Morgan fingerprint density at radius 2 is 2.25 bits per heavy atom. The van der Waals surface area contributed by atoms with Crippen LogP contribution in [0.1, 0.15) is 15.9 Å². The molecule has 0 atom stereocenters. The number of hydrogen-bond donors (Lipinski definition) is 1. The molecular weight excluding hydrogens is 269 g/mol. The largest absolute Gasteiger partial charge is 0.478 e. The Labute approximate surface area is 82.8 Å². The molecule has 0 aliphatic carbocycles. The summed E-state index contributed by atoms with van der Waals surface area (Å²) in [5.74, 6) is -1.06. The molecule has 1 rings (SSSR count). The van der Waals surface area contributed by atoms with Crippen LogP contribution in [-0.4, -0.2) is 11.1 Å². The molecule has 0 bridgehead atoms. The molecule has 0 unspecified atom stereocenters. The molecule has 0 amide bonds. The summed E-state index contributed by atoms with van der Waals surface area (Å²) in [6, 6.07) is 6.50. The van der Waals surface area contributed by atoms with Crippen LogP contribution in [0.15, 0.2) is 18.2 Å². The van der Waals surface area contributed by atoms with E-state index in [1.165, 1.54) is 12.1 Å². The van der Waals surface area contributed by atoms with Crippen molar-refractivity contribution in [1.82, 2.24) is 0 Å². The first-order chi connectivity index (χ1) is 5.65. The van der Waals surface area contributed by atoms with Crippen LogP contribution in [0.2, 0.25) is 0 Å². The highest BCUT2D eigenvalue weighted by Gasteiger charge is 2.09. The maximum Gasteiger partial charge on any atom is 0.337 e. The van der Waals surface area contributed by atoms with Gasteiger partial charge in [-0.25, -0.2) is 4.79 Å². The zero-order valence-corrected chi connectivity index (χ0v) is 8.07. The fraction of sp³-hybridized carbons (Fsp3) is 0. The second kappa shape index (κ2) is 3.54. The van der Waals surface area contributed by atoms with E-state index in [0.717, 1.165) is 3.57 Å². The second-order valence-corrected chi connectivity index (χ2v) is 3.35. The molecule has 0 aliphatic rings. The van der Waals surface area contributed by atoms with E-state index in [0.29, 0.717) is 0 Å². The van der Waals surface area contributed by atoms with Crippen molar-refractivity contribution in [3.8, 4) is 6.07 Å². The Kier molecular flexibility index (Phi) is 2.65. The molecular formula is C8H4INO2. The van der Waals surface area contributed by atoms with Crippen LogP contribution in [0.25, 0.3) is 0 Å². The maximum absolute atomic E-state index is 10.6. The van der Waals surface area contributed by atoms with Crippen LogP contribution in [0.3, 0.4) is 0 Å². The van der Waals surface area contributed by atoms with Crippen molar-refractivity contribution in [2.75, 3.05) is 0 Å². The van der Waals surface area contributed by atoms with Crippen molar-refractivity contribution in [1.29, 1.82) is 5.26 Å². The van der Waals surface area contributed by atoms with Crippen molar-refractivity contribution in [2.45, 2.75) is 0 Å². The average Bonchev–Trinajstić information content (AvgIpc) is 2.04. The number of carboxylic acids is 1. The van der Waals surface area contributed by atoms with Crippen molar-refractivity contribution >= 4 is 28.6 Å². The molecule has 0 fully saturated rings. The van der Waals surface area contributed by atoms with E-state index >= 15 is 0 Å². The van der Waals surface area contributed by atoms with Crippen LogP contribution < -0.4 is 0 Å². The molecule has 0 saturated heterocycles. The Balaban J connectivity index is 3.34. The summed E-state index contributed by atoms with van der Waals surface area (Å²) in [6.07, 6.45) is 0. The maximum atomic E-state index is 10.6. The standard InChI is InChI=1S/C8H4INO2/c9-6-2-1-5(4-10)7(3-6)8(11)12/h1-3H,(H,11,12). The molecule has 3 nitrogen and oxygen atoms in total. The van der Waals surface area contributed by atoms with Gasteiger partial charge in [-0.2, -0.15) is 5.26 Å². The first kappa shape index (κ1) is 9.00. The molecule has 0 heterocycles. The number of nitriles is 1. The van der Waals surface area contributed by atoms with Crippen LogP contribution >= 0.6 is 22.6 Å². The number of hydrogen-bond acceptors (Lipinski definition) is 2. The summed E-state index contributed by atoms with van der Waals surface area (Å²) >= 11 is 2.00. The summed E-state index contributed by atoms with van der Waals surface area (Å²) in [5.41, 5.74) is 0.257. The number of halogens is 1. The Hall–Kier alpha value is -1.09. The second-order valence-electron chi connectivity index (χ2n) is 2.11. The van der Waals surface area contributed by atoms with Gasteiger partial charge in [0.2, 0.25) is 0 Å². The highest BCUT2D eigenvalue weighted by Crippen LogP contribution is 2.12. The third-order valence-corrected chi connectivity index (χ3v) is 2.00. The smallest absolute Gasteiger partial charge is 0.337 e. The quantitative estimate of drug-likeness (QED) is 0.794. The van der Waals surface area contributed by atoms with E-state index in [1.54, 1.807) is 6.07 Å². The minimum absolute atomic E-state index is 0.0596. The van der Waals surface area contributed by atoms with Gasteiger partial charge in [-0.05, 0) is 40.8 Å². The zero-order valence-electron chi connectivity index (χ0n) is 5.91. The summed E-state index contributed by atoms with van der Waals surface area (Å²) in [7, 11) is 0. The molecule has 1 aromatic rings. The molecule has 1 aromatic carbocycles. The number of carbonyl (C=O) groups is 1. The van der Waals surface area contributed by atoms with Gasteiger partial charge in [0.15, 0.2) is 0 Å². The van der Waals surface area contributed by atoms with E-state index < -0.39 is 5.97 Å². The van der Waals surface area contributed by atoms with Gasteiger partial charge in [-0.1, -0.05) is 0 Å². The molecule has 1 N–H and O–H groups in total. The van der Waals surface area contributed by atoms with Crippen molar-refractivity contribution in [2.24, 2.45) is 0 Å². The van der Waals surface area contributed by atoms with Gasteiger partial charge in [0.05, 0.1) is 11.1 Å². The third-order valence-electron chi connectivity index (χ3n) is 1.33. The lowest BCUT2D eigenvalue weighted by Crippen LogP contribution is -2.00. The molecule has 0 aliphatic heterocycles. The topological polar surface area (TPSA) is 61.1 Å². The van der Waals surface area contributed by atoms with Gasteiger partial charge in [-0.15, -0.1) is 0 Å². The molecule has 0 spiro atoms. The van der Waals surface area contributed by atoms with E-state index in [4.69, 9.17) is 10.4 Å². The Morgan fingerprint density at radius 1 is 1.58 bits per heavy atom. The van der Waals surface area contributed by atoms with E-state index in [-0.39, 0.29) is 11.1 Å². The third kappa shape index (κ3) is 1.74. The van der Waals surface area contributed by atoms with Gasteiger partial charge < -0.3 is 5.11 Å². The SMILES string of the molecule is N#Cc1ccc(I)cc1C(=O)O. The van der Waals surface area contributed by atoms with E-state index in [9.17, 15) is 4.79 Å². The summed E-state index contributed by atoms with van der Waals surface area (Å²) in [5, 5.41) is 17.2. The van der Waals surface area contributed by atoms with Crippen molar-refractivity contribution in [3.05, 3.63) is 32.9 Å². The summed E-state index contributed by atoms with van der Waals surface area (Å²) < 4.78 is 0.809. The molecule has 60 valence electrons. The highest BCUT2D eigenvalue weighted by molar-refractivity contribution is 14.1. The molecule has 0 radical (unpaired) electrons. The minimum atomic E-state index is -1.06. The number of nitrogens with zero attached hydrogens (tertiary/aromatic N) is 1. The van der Waals surface area contributed by atoms with Crippen LogP contribution in [0.5, 0.6) is 0 Å². The highest BCUT2D eigenvalue weighted by atomic mass is 127. The average molecular weight is 273 g/mol. The van der Waals surface area contributed by atoms with Gasteiger partial charge in [-0.3, -0.25) is 0 Å². The van der Waals surface area contributed by atoms with E-state index in [2.05, 4.69) is 0 Å². The van der Waals surface area contributed by atoms with Gasteiger partial charge in [0.25, 0.3) is 0 Å². The predicted octanol–water partition coefficient (Wildman–Crippen LogP) is 1.86. The van der Waals surface area contributed by atoms with Crippen molar-refractivity contribution < 1.29 is 9.90 Å². The zero-order chi connectivity index (χ0) is 9.14. The number of benzene rings is 1. The first-order valence-corrected chi connectivity index (χ1v) is 4.16. The van der Waals surface area contributed by atoms with Gasteiger partial charge >= 0.3 is 5.97 Å². The van der Waals surface area contributed by atoms with Crippen LogP contribution in [-0.2, 0) is 0 Å². The normalized spacial score (nSPS) is 9.00. The molecule has 0 aromatic heterocycles. The minimum Gasteiger partial charge on any atom is -0.478 e. The van der Waals surface area contributed by atoms with Crippen molar-refractivity contribution in [3.63, 3.8) is 0 Å². The first-order valence-electron chi connectivity index (χ1n) is 3.08. The lowest BCUT2D eigenvalue weighted by Gasteiger charge is -1.97. The van der Waals surface area contributed by atoms with E-state index in [1.807, 2.05) is 28.7 Å².